The third-order valence-corrected chi connectivity index (χ3v) is 15.3. The highest BCUT2D eigenvalue weighted by Crippen LogP contribution is 2.65. The molecule has 8 aromatic rings. The lowest BCUT2D eigenvalue weighted by molar-refractivity contribution is 0.333. The molecule has 1 nitrogen and oxygen atoms in total. The van der Waals surface area contributed by atoms with E-state index in [0.717, 1.165) is 25.7 Å². The molecule has 62 heavy (non-hydrogen) atoms. The molecular formula is C61H53N. The largest absolute Gasteiger partial charge is 0.310 e. The summed E-state index contributed by atoms with van der Waals surface area (Å²) in [6, 6.07) is 67.7. The summed E-state index contributed by atoms with van der Waals surface area (Å²) in [7, 11) is 0. The summed E-state index contributed by atoms with van der Waals surface area (Å²) in [4.78, 5) is 2.61. The predicted octanol–water partition coefficient (Wildman–Crippen LogP) is 16.1. The number of rotatable bonds is 5. The van der Waals surface area contributed by atoms with Crippen molar-refractivity contribution >= 4 is 17.1 Å². The minimum Gasteiger partial charge on any atom is -0.310 e. The standard InChI is InChI=1S/C61H53N/c1-59(2)35-36-60(3,4)58-54(59)34-33-45(41-20-7-5-8-21-41)57(58)50-38-49-48-27-15-18-30-53(48)61(51-28-16-13-25-46(51)47-26-14-17-29-52(47)61)55(49)39-56(50)62(43-23-9-6-10-24-43)44-32-31-40-19-11-12-22-42(40)37-44/h5-10,13-18,20-21,23-34,37-39H,11-12,19,22,35-36H2,1-4H3. The lowest BCUT2D eigenvalue weighted by Gasteiger charge is -2.44. The molecule has 0 bridgehead atoms. The number of benzene rings is 8. The SMILES string of the molecule is CC1(C)CCC(C)(C)c2c1ccc(-c1ccccc1)c2-c1cc2c(cc1N(c1ccccc1)c1ccc3c(c1)CCCC3)C1(c3ccccc3-c3ccccc31)c1ccccc1-2. The van der Waals surface area contributed by atoms with E-state index in [2.05, 4.69) is 209 Å². The van der Waals surface area contributed by atoms with Crippen molar-refractivity contribution < 1.29 is 0 Å². The van der Waals surface area contributed by atoms with E-state index in [1.807, 2.05) is 0 Å². The van der Waals surface area contributed by atoms with Crippen LogP contribution in [0.25, 0.3) is 44.5 Å². The van der Waals surface area contributed by atoms with Crippen molar-refractivity contribution in [2.75, 3.05) is 4.90 Å². The zero-order valence-corrected chi connectivity index (χ0v) is 36.4. The second kappa shape index (κ2) is 13.8. The predicted molar refractivity (Wildman–Crippen MR) is 260 cm³/mol. The summed E-state index contributed by atoms with van der Waals surface area (Å²) in [5, 5.41) is 0. The molecule has 0 aromatic heterocycles. The molecule has 0 unspecified atom stereocenters. The number of para-hydroxylation sites is 1. The maximum atomic E-state index is 2.64. The minimum atomic E-state index is -0.468. The Kier molecular flexibility index (Phi) is 8.30. The van der Waals surface area contributed by atoms with Crippen molar-refractivity contribution in [3.05, 3.63) is 220 Å². The zero-order chi connectivity index (χ0) is 41.8. The summed E-state index contributed by atoms with van der Waals surface area (Å²) in [5.74, 6) is 0. The average molecular weight is 800 g/mol. The van der Waals surface area contributed by atoms with Crippen molar-refractivity contribution in [3.8, 4) is 44.5 Å². The first-order chi connectivity index (χ1) is 30.3. The molecular weight excluding hydrogens is 747 g/mol. The number of aryl methyl sites for hydroxylation is 2. The zero-order valence-electron chi connectivity index (χ0n) is 36.4. The van der Waals surface area contributed by atoms with Crippen LogP contribution in [0.15, 0.2) is 176 Å². The Balaban J connectivity index is 1.27. The van der Waals surface area contributed by atoms with Crippen LogP contribution < -0.4 is 4.90 Å². The van der Waals surface area contributed by atoms with E-state index in [9.17, 15) is 0 Å². The van der Waals surface area contributed by atoms with Crippen molar-refractivity contribution in [3.63, 3.8) is 0 Å². The Bertz CT molecular complexity index is 3030. The molecule has 0 fully saturated rings. The molecule has 1 heteroatoms. The molecule has 4 aliphatic rings. The smallest absolute Gasteiger partial charge is 0.0726 e. The van der Waals surface area contributed by atoms with Crippen LogP contribution in [0.1, 0.15) is 97.9 Å². The molecule has 4 aliphatic carbocycles. The van der Waals surface area contributed by atoms with Crippen molar-refractivity contribution in [1.29, 1.82) is 0 Å². The van der Waals surface area contributed by atoms with Gasteiger partial charge in [0.15, 0.2) is 0 Å². The van der Waals surface area contributed by atoms with E-state index < -0.39 is 5.41 Å². The van der Waals surface area contributed by atoms with Gasteiger partial charge in [-0.05, 0) is 169 Å². The summed E-state index contributed by atoms with van der Waals surface area (Å²) in [5.41, 5.74) is 25.1. The van der Waals surface area contributed by atoms with Gasteiger partial charge in [-0.25, -0.2) is 0 Å². The summed E-state index contributed by atoms with van der Waals surface area (Å²) < 4.78 is 0. The van der Waals surface area contributed by atoms with Crippen molar-refractivity contribution in [1.82, 2.24) is 0 Å². The highest BCUT2D eigenvalue weighted by atomic mass is 15.1. The Morgan fingerprint density at radius 3 is 1.61 bits per heavy atom. The first kappa shape index (κ1) is 37.3. The fourth-order valence-electron chi connectivity index (χ4n) is 12.3. The number of hydrogen-bond donors (Lipinski definition) is 0. The topological polar surface area (TPSA) is 3.24 Å². The van der Waals surface area contributed by atoms with Crippen LogP contribution in [0, 0.1) is 0 Å². The van der Waals surface area contributed by atoms with Crippen LogP contribution in [0.3, 0.4) is 0 Å². The van der Waals surface area contributed by atoms with E-state index in [0.29, 0.717) is 0 Å². The van der Waals surface area contributed by atoms with Crippen molar-refractivity contribution in [2.45, 2.75) is 82.5 Å². The summed E-state index contributed by atoms with van der Waals surface area (Å²) >= 11 is 0. The second-order valence-electron chi connectivity index (χ2n) is 19.7. The Morgan fingerprint density at radius 1 is 0.387 bits per heavy atom. The Morgan fingerprint density at radius 2 is 0.952 bits per heavy atom. The molecule has 0 saturated carbocycles. The van der Waals surface area contributed by atoms with Gasteiger partial charge in [0, 0.05) is 16.9 Å². The molecule has 302 valence electrons. The number of anilines is 3. The minimum absolute atomic E-state index is 0.0389. The van der Waals surface area contributed by atoms with Crippen LogP contribution in [0.4, 0.5) is 17.1 Å². The van der Waals surface area contributed by atoms with Crippen LogP contribution >= 0.6 is 0 Å². The highest BCUT2D eigenvalue weighted by Gasteiger charge is 2.52. The molecule has 0 amide bonds. The van der Waals surface area contributed by atoms with Crippen LogP contribution in [-0.2, 0) is 29.1 Å². The van der Waals surface area contributed by atoms with Gasteiger partial charge < -0.3 is 4.90 Å². The van der Waals surface area contributed by atoms with Gasteiger partial charge in [-0.15, -0.1) is 0 Å². The van der Waals surface area contributed by atoms with Gasteiger partial charge in [0.1, 0.15) is 0 Å². The third kappa shape index (κ3) is 5.33. The lowest BCUT2D eigenvalue weighted by Crippen LogP contribution is -2.34. The lowest BCUT2D eigenvalue weighted by atomic mass is 9.60. The van der Waals surface area contributed by atoms with Gasteiger partial charge in [0.05, 0.1) is 11.1 Å². The summed E-state index contributed by atoms with van der Waals surface area (Å²) in [6.07, 6.45) is 7.09. The monoisotopic (exact) mass is 799 g/mol. The second-order valence-corrected chi connectivity index (χ2v) is 19.7. The molecule has 0 radical (unpaired) electrons. The highest BCUT2D eigenvalue weighted by molar-refractivity contribution is 6.03. The average Bonchev–Trinajstić information content (AvgIpc) is 3.77. The van der Waals surface area contributed by atoms with Gasteiger partial charge >= 0.3 is 0 Å². The van der Waals surface area contributed by atoms with Gasteiger partial charge in [-0.1, -0.05) is 167 Å². The van der Waals surface area contributed by atoms with E-state index >= 15 is 0 Å². The Labute approximate surface area is 367 Å². The number of hydrogen-bond acceptors (Lipinski definition) is 1. The molecule has 1 spiro atoms. The van der Waals surface area contributed by atoms with E-state index in [-0.39, 0.29) is 10.8 Å². The normalized spacial score (nSPS) is 16.7. The quantitative estimate of drug-likeness (QED) is 0.168. The van der Waals surface area contributed by atoms with Gasteiger partial charge in [0.2, 0.25) is 0 Å². The van der Waals surface area contributed by atoms with E-state index in [4.69, 9.17) is 0 Å². The van der Waals surface area contributed by atoms with Crippen LogP contribution in [0.2, 0.25) is 0 Å². The maximum Gasteiger partial charge on any atom is 0.0726 e. The molecule has 8 aromatic carbocycles. The fraction of sp³-hybridized carbons (Fsp3) is 0.213. The fourth-order valence-corrected chi connectivity index (χ4v) is 12.3. The van der Waals surface area contributed by atoms with Gasteiger partial charge in [0.25, 0.3) is 0 Å². The van der Waals surface area contributed by atoms with E-state index in [1.165, 1.54) is 119 Å². The van der Waals surface area contributed by atoms with Crippen LogP contribution in [0.5, 0.6) is 0 Å². The third-order valence-electron chi connectivity index (χ3n) is 15.3. The molecule has 0 saturated heterocycles. The first-order valence-electron chi connectivity index (χ1n) is 22.9. The van der Waals surface area contributed by atoms with Crippen molar-refractivity contribution in [2.24, 2.45) is 0 Å². The first-order valence-corrected chi connectivity index (χ1v) is 22.9. The molecule has 0 heterocycles. The maximum absolute atomic E-state index is 2.64. The van der Waals surface area contributed by atoms with Gasteiger partial charge in [-0.2, -0.15) is 0 Å². The number of nitrogens with zero attached hydrogens (tertiary/aromatic N) is 1. The Hall–Kier alpha value is -6.44. The molecule has 0 aliphatic heterocycles. The van der Waals surface area contributed by atoms with E-state index in [1.54, 1.807) is 0 Å². The molecule has 0 N–H and O–H groups in total. The van der Waals surface area contributed by atoms with Crippen LogP contribution in [-0.4, -0.2) is 0 Å². The molecule has 0 atom stereocenters. The molecule has 12 rings (SSSR count). The number of fused-ring (bicyclic) bond motifs is 12. The van der Waals surface area contributed by atoms with Gasteiger partial charge in [-0.3, -0.25) is 0 Å². The summed E-state index contributed by atoms with van der Waals surface area (Å²) in [6.45, 7) is 9.94.